The van der Waals surface area contributed by atoms with Crippen LogP contribution in [-0.4, -0.2) is 18.7 Å². The molecule has 3 heteroatoms. The molecule has 2 nitrogen and oxygen atoms in total. The molecule has 1 unspecified atom stereocenters. The van der Waals surface area contributed by atoms with Crippen LogP contribution in [0, 0.1) is 0 Å². The van der Waals surface area contributed by atoms with Crippen LogP contribution in [0.4, 0.5) is 0 Å². The lowest BCUT2D eigenvalue weighted by Gasteiger charge is -2.10. The van der Waals surface area contributed by atoms with Crippen molar-refractivity contribution in [2.24, 2.45) is 0 Å². The second-order valence-corrected chi connectivity index (χ2v) is 3.32. The van der Waals surface area contributed by atoms with Gasteiger partial charge in [-0.25, -0.2) is 0 Å². The van der Waals surface area contributed by atoms with Gasteiger partial charge in [0.25, 0.3) is 0 Å². The molecule has 1 atom stereocenters. The van der Waals surface area contributed by atoms with Gasteiger partial charge in [0.2, 0.25) is 0 Å². The summed E-state index contributed by atoms with van der Waals surface area (Å²) in [5.41, 5.74) is 2.38. The Balaban J connectivity index is 3.26. The fourth-order valence-corrected chi connectivity index (χ4v) is 1.35. The highest BCUT2D eigenvalue weighted by molar-refractivity contribution is 6.32. The first kappa shape index (κ1) is 10.00. The van der Waals surface area contributed by atoms with Crippen LogP contribution < -0.4 is 5.46 Å². The molecular formula is C10H13BO2. The molecule has 0 saturated carbocycles. The van der Waals surface area contributed by atoms with Crippen LogP contribution in [0.2, 0.25) is 0 Å². The van der Waals surface area contributed by atoms with E-state index in [-0.39, 0.29) is 5.78 Å². The number of hydrogen-bond donors (Lipinski definition) is 1. The van der Waals surface area contributed by atoms with Crippen LogP contribution in [0.15, 0.2) is 18.2 Å². The van der Waals surface area contributed by atoms with E-state index in [1.54, 1.807) is 13.0 Å². The minimum absolute atomic E-state index is 0.00380. The number of rotatable bonds is 2. The smallest absolute Gasteiger partial charge is 0.160 e. The topological polar surface area (TPSA) is 37.3 Å². The van der Waals surface area contributed by atoms with Gasteiger partial charge in [-0.2, -0.15) is 0 Å². The second kappa shape index (κ2) is 3.75. The number of carbonyl (C=O) groups is 1. The van der Waals surface area contributed by atoms with Crippen LogP contribution in [-0.2, 0) is 0 Å². The number of aliphatic hydroxyl groups is 1. The Kier molecular flexibility index (Phi) is 2.88. The van der Waals surface area contributed by atoms with Crippen molar-refractivity contribution in [2.45, 2.75) is 20.0 Å². The Bertz CT molecular complexity index is 332. The molecule has 1 rings (SSSR count). The van der Waals surface area contributed by atoms with E-state index in [1.807, 2.05) is 20.0 Å². The summed E-state index contributed by atoms with van der Waals surface area (Å²) < 4.78 is 0. The lowest BCUT2D eigenvalue weighted by molar-refractivity contribution is 0.101. The Morgan fingerprint density at radius 1 is 1.54 bits per heavy atom. The molecule has 0 amide bonds. The molecule has 0 aliphatic heterocycles. The predicted molar refractivity (Wildman–Crippen MR) is 55.3 cm³/mol. The standard InChI is InChI=1S/C10H13BO2/c1-6(12)9-4-3-8(11)5-10(9)7(2)13/h3-5,7,13H,11H2,1-2H3. The van der Waals surface area contributed by atoms with E-state index in [1.165, 1.54) is 6.92 Å². The van der Waals surface area contributed by atoms with Crippen molar-refractivity contribution in [1.82, 2.24) is 0 Å². The molecule has 68 valence electrons. The van der Waals surface area contributed by atoms with Gasteiger partial charge in [0.05, 0.1) is 6.10 Å². The SMILES string of the molecule is Bc1ccc(C(C)=O)c(C(C)O)c1. The van der Waals surface area contributed by atoms with Crippen LogP contribution in [0.25, 0.3) is 0 Å². The zero-order valence-corrected chi connectivity index (χ0v) is 8.16. The summed E-state index contributed by atoms with van der Waals surface area (Å²) in [6, 6.07) is 5.49. The van der Waals surface area contributed by atoms with Gasteiger partial charge >= 0.3 is 0 Å². The van der Waals surface area contributed by atoms with Gasteiger partial charge in [0, 0.05) is 5.56 Å². The molecule has 13 heavy (non-hydrogen) atoms. The van der Waals surface area contributed by atoms with Gasteiger partial charge in [-0.05, 0) is 19.4 Å². The van der Waals surface area contributed by atoms with Crippen LogP contribution in [0.3, 0.4) is 0 Å². The third-order valence-electron chi connectivity index (χ3n) is 2.04. The van der Waals surface area contributed by atoms with Gasteiger partial charge < -0.3 is 5.11 Å². The molecule has 1 N–H and O–H groups in total. The van der Waals surface area contributed by atoms with Crippen molar-refractivity contribution >= 4 is 19.1 Å². The highest BCUT2D eigenvalue weighted by Crippen LogP contribution is 2.16. The summed E-state index contributed by atoms with van der Waals surface area (Å²) in [5.74, 6) is -0.00380. The summed E-state index contributed by atoms with van der Waals surface area (Å²) >= 11 is 0. The van der Waals surface area contributed by atoms with Crippen molar-refractivity contribution < 1.29 is 9.90 Å². The number of carbonyl (C=O) groups excluding carboxylic acids is 1. The number of benzene rings is 1. The van der Waals surface area contributed by atoms with Gasteiger partial charge in [-0.1, -0.05) is 23.7 Å². The highest BCUT2D eigenvalue weighted by Gasteiger charge is 2.10. The fourth-order valence-electron chi connectivity index (χ4n) is 1.35. The second-order valence-electron chi connectivity index (χ2n) is 3.32. The van der Waals surface area contributed by atoms with E-state index < -0.39 is 6.10 Å². The molecular weight excluding hydrogens is 163 g/mol. The van der Waals surface area contributed by atoms with Crippen molar-refractivity contribution in [2.75, 3.05) is 0 Å². The Hall–Kier alpha value is -1.09. The number of hydrogen-bond acceptors (Lipinski definition) is 2. The maximum absolute atomic E-state index is 11.2. The van der Waals surface area contributed by atoms with Gasteiger partial charge in [-0.3, -0.25) is 4.79 Å². The predicted octanol–water partition coefficient (Wildman–Crippen LogP) is 0.201. The van der Waals surface area contributed by atoms with Crippen LogP contribution >= 0.6 is 0 Å². The maximum atomic E-state index is 11.2. The highest BCUT2D eigenvalue weighted by atomic mass is 16.3. The van der Waals surface area contributed by atoms with Gasteiger partial charge in [0.1, 0.15) is 7.85 Å². The molecule has 0 aromatic heterocycles. The molecule has 0 radical (unpaired) electrons. The van der Waals surface area contributed by atoms with Crippen molar-refractivity contribution in [3.05, 3.63) is 29.3 Å². The molecule has 1 aromatic rings. The van der Waals surface area contributed by atoms with Gasteiger partial charge in [-0.15, -0.1) is 0 Å². The first-order valence-electron chi connectivity index (χ1n) is 4.32. The van der Waals surface area contributed by atoms with Gasteiger partial charge in [0.15, 0.2) is 5.78 Å². The molecule has 0 fully saturated rings. The average molecular weight is 176 g/mol. The fraction of sp³-hybridized carbons (Fsp3) is 0.300. The van der Waals surface area contributed by atoms with Crippen LogP contribution in [0.5, 0.6) is 0 Å². The largest absolute Gasteiger partial charge is 0.389 e. The Labute approximate surface area is 79.0 Å². The zero-order chi connectivity index (χ0) is 10.0. The van der Waals surface area contributed by atoms with E-state index in [0.717, 1.165) is 5.46 Å². The minimum atomic E-state index is -0.584. The summed E-state index contributed by atoms with van der Waals surface area (Å²) in [7, 11) is 1.94. The summed E-state index contributed by atoms with van der Waals surface area (Å²) in [5, 5.41) is 9.43. The molecule has 0 spiro atoms. The minimum Gasteiger partial charge on any atom is -0.389 e. The molecule has 1 aromatic carbocycles. The van der Waals surface area contributed by atoms with E-state index in [4.69, 9.17) is 0 Å². The number of Topliss-reactive ketones (excluding diaryl/α,β-unsaturated/α-hetero) is 1. The average Bonchev–Trinajstić information content (AvgIpc) is 2.03. The molecule has 0 aliphatic carbocycles. The summed E-state index contributed by atoms with van der Waals surface area (Å²) in [6.45, 7) is 3.18. The number of ketones is 1. The lowest BCUT2D eigenvalue weighted by atomic mass is 9.89. The number of aliphatic hydroxyl groups excluding tert-OH is 1. The zero-order valence-electron chi connectivity index (χ0n) is 8.16. The van der Waals surface area contributed by atoms with Crippen molar-refractivity contribution in [3.8, 4) is 0 Å². The molecule has 0 saturated heterocycles. The third kappa shape index (κ3) is 2.19. The Morgan fingerprint density at radius 3 is 2.62 bits per heavy atom. The van der Waals surface area contributed by atoms with Crippen LogP contribution in [0.1, 0.15) is 35.9 Å². The molecule has 0 aliphatic rings. The quantitative estimate of drug-likeness (QED) is 0.516. The van der Waals surface area contributed by atoms with E-state index in [0.29, 0.717) is 11.1 Å². The first-order chi connectivity index (χ1) is 6.02. The first-order valence-corrected chi connectivity index (χ1v) is 4.32. The maximum Gasteiger partial charge on any atom is 0.160 e. The van der Waals surface area contributed by atoms with E-state index >= 15 is 0 Å². The summed E-state index contributed by atoms with van der Waals surface area (Å²) in [4.78, 5) is 11.2. The van der Waals surface area contributed by atoms with Crippen molar-refractivity contribution in [3.63, 3.8) is 0 Å². The van der Waals surface area contributed by atoms with Crippen molar-refractivity contribution in [1.29, 1.82) is 0 Å². The lowest BCUT2D eigenvalue weighted by Crippen LogP contribution is -2.10. The third-order valence-corrected chi connectivity index (χ3v) is 2.04. The van der Waals surface area contributed by atoms with E-state index in [2.05, 4.69) is 0 Å². The normalized spacial score (nSPS) is 12.5. The molecule has 0 heterocycles. The van der Waals surface area contributed by atoms with E-state index in [9.17, 15) is 9.90 Å². The summed E-state index contributed by atoms with van der Waals surface area (Å²) in [6.07, 6.45) is -0.584. The molecule has 0 bridgehead atoms. The Morgan fingerprint density at radius 2 is 2.15 bits per heavy atom. The monoisotopic (exact) mass is 176 g/mol.